The second kappa shape index (κ2) is 4.46. The molecule has 1 amide bonds. The highest BCUT2D eigenvalue weighted by Gasteiger charge is 2.23. The van der Waals surface area contributed by atoms with E-state index < -0.39 is 0 Å². The van der Waals surface area contributed by atoms with Crippen LogP contribution in [0.15, 0.2) is 30.5 Å². The van der Waals surface area contributed by atoms with Gasteiger partial charge >= 0.3 is 0 Å². The molecule has 2 heterocycles. The molecule has 0 spiro atoms. The van der Waals surface area contributed by atoms with E-state index in [9.17, 15) is 4.79 Å². The highest BCUT2D eigenvalue weighted by atomic mass is 16.2. The lowest BCUT2D eigenvalue weighted by Gasteiger charge is -2.30. The normalized spacial score (nSPS) is 20.3. The lowest BCUT2D eigenvalue weighted by atomic mass is 10.0. The summed E-state index contributed by atoms with van der Waals surface area (Å²) in [6, 6.07) is 7.90. The highest BCUT2D eigenvalue weighted by Crippen LogP contribution is 2.20. The number of hydrogen-bond donors (Lipinski definition) is 2. The van der Waals surface area contributed by atoms with E-state index in [2.05, 4.69) is 4.98 Å². The van der Waals surface area contributed by atoms with Crippen molar-refractivity contribution in [1.82, 2.24) is 9.88 Å². The molecule has 4 heteroatoms. The maximum absolute atomic E-state index is 12.5. The predicted molar refractivity (Wildman–Crippen MR) is 71.4 cm³/mol. The second-order valence-corrected chi connectivity index (χ2v) is 4.90. The number of H-pyrrole nitrogens is 1. The Labute approximate surface area is 106 Å². The molecule has 94 valence electrons. The predicted octanol–water partition coefficient (Wildman–Crippen LogP) is 1.73. The molecule has 1 saturated heterocycles. The summed E-state index contributed by atoms with van der Waals surface area (Å²) in [7, 11) is 0. The third-order valence-electron chi connectivity index (χ3n) is 3.56. The van der Waals surface area contributed by atoms with Crippen LogP contribution in [0.4, 0.5) is 0 Å². The number of aromatic amines is 1. The van der Waals surface area contributed by atoms with E-state index in [0.29, 0.717) is 6.54 Å². The van der Waals surface area contributed by atoms with E-state index in [1.807, 2.05) is 35.4 Å². The first-order valence-electron chi connectivity index (χ1n) is 6.36. The van der Waals surface area contributed by atoms with Crippen molar-refractivity contribution in [2.45, 2.75) is 18.9 Å². The first-order valence-corrected chi connectivity index (χ1v) is 6.36. The van der Waals surface area contributed by atoms with E-state index in [-0.39, 0.29) is 11.9 Å². The van der Waals surface area contributed by atoms with Gasteiger partial charge in [0.25, 0.3) is 5.91 Å². The van der Waals surface area contributed by atoms with E-state index in [1.54, 1.807) is 0 Å². The van der Waals surface area contributed by atoms with E-state index in [0.717, 1.165) is 35.9 Å². The van der Waals surface area contributed by atoms with Crippen molar-refractivity contribution in [3.8, 4) is 0 Å². The van der Waals surface area contributed by atoms with Crippen LogP contribution in [0.1, 0.15) is 23.2 Å². The van der Waals surface area contributed by atoms with Crippen LogP contribution in [0.2, 0.25) is 0 Å². The maximum atomic E-state index is 12.5. The van der Waals surface area contributed by atoms with Gasteiger partial charge in [0.05, 0.1) is 11.1 Å². The summed E-state index contributed by atoms with van der Waals surface area (Å²) in [6.07, 6.45) is 3.87. The van der Waals surface area contributed by atoms with Crippen LogP contribution < -0.4 is 5.73 Å². The monoisotopic (exact) mass is 243 g/mol. The SMILES string of the molecule is NC1CCCN(C(=O)c2cccc3cc[nH]c23)C1. The fourth-order valence-corrected chi connectivity index (χ4v) is 2.63. The number of nitrogens with one attached hydrogen (secondary N) is 1. The van der Waals surface area contributed by atoms with Crippen LogP contribution in [0.25, 0.3) is 10.9 Å². The Kier molecular flexibility index (Phi) is 2.80. The van der Waals surface area contributed by atoms with Gasteiger partial charge in [0.2, 0.25) is 0 Å². The number of carbonyl (C=O) groups is 1. The van der Waals surface area contributed by atoms with Crippen molar-refractivity contribution >= 4 is 16.8 Å². The van der Waals surface area contributed by atoms with Gasteiger partial charge in [0.1, 0.15) is 0 Å². The van der Waals surface area contributed by atoms with Gasteiger partial charge in [-0.25, -0.2) is 0 Å². The fourth-order valence-electron chi connectivity index (χ4n) is 2.63. The molecule has 0 radical (unpaired) electrons. The molecule has 1 aliphatic rings. The number of amides is 1. The summed E-state index contributed by atoms with van der Waals surface area (Å²) in [6.45, 7) is 1.47. The average molecular weight is 243 g/mol. The molecule has 1 aromatic heterocycles. The highest BCUT2D eigenvalue weighted by molar-refractivity contribution is 6.05. The number of para-hydroxylation sites is 1. The molecule has 1 unspecified atom stereocenters. The first kappa shape index (κ1) is 11.3. The Morgan fingerprint density at radius 2 is 2.28 bits per heavy atom. The number of aromatic nitrogens is 1. The largest absolute Gasteiger partial charge is 0.361 e. The van der Waals surface area contributed by atoms with Gasteiger partial charge in [-0.05, 0) is 25.0 Å². The zero-order valence-electron chi connectivity index (χ0n) is 10.2. The van der Waals surface area contributed by atoms with Crippen LogP contribution in [0, 0.1) is 0 Å². The Bertz CT molecular complexity index is 575. The van der Waals surface area contributed by atoms with Crippen molar-refractivity contribution < 1.29 is 4.79 Å². The third-order valence-corrected chi connectivity index (χ3v) is 3.56. The number of benzene rings is 1. The Hall–Kier alpha value is -1.81. The molecule has 1 aliphatic heterocycles. The Balaban J connectivity index is 1.94. The smallest absolute Gasteiger partial charge is 0.256 e. The quantitative estimate of drug-likeness (QED) is 0.801. The minimum atomic E-state index is 0.0817. The molecule has 0 saturated carbocycles. The molecule has 1 aromatic carbocycles. The molecule has 18 heavy (non-hydrogen) atoms. The number of nitrogens with two attached hydrogens (primary N) is 1. The van der Waals surface area contributed by atoms with Crippen LogP contribution in [0.5, 0.6) is 0 Å². The molecular formula is C14H17N3O. The maximum Gasteiger partial charge on any atom is 0.256 e. The standard InChI is InChI=1S/C14H17N3O/c15-11-4-2-8-17(9-11)14(18)12-5-1-3-10-6-7-16-13(10)12/h1,3,5-7,11,16H,2,4,8-9,15H2. The zero-order chi connectivity index (χ0) is 12.5. The van der Waals surface area contributed by atoms with Crippen molar-refractivity contribution in [3.63, 3.8) is 0 Å². The zero-order valence-corrected chi connectivity index (χ0v) is 10.2. The lowest BCUT2D eigenvalue weighted by molar-refractivity contribution is 0.0710. The molecule has 0 bridgehead atoms. The van der Waals surface area contributed by atoms with Crippen molar-refractivity contribution in [1.29, 1.82) is 0 Å². The third kappa shape index (κ3) is 1.88. The lowest BCUT2D eigenvalue weighted by Crippen LogP contribution is -2.45. The van der Waals surface area contributed by atoms with Gasteiger partial charge in [-0.15, -0.1) is 0 Å². The molecule has 0 aliphatic carbocycles. The number of rotatable bonds is 1. The van der Waals surface area contributed by atoms with Crippen LogP contribution in [0.3, 0.4) is 0 Å². The van der Waals surface area contributed by atoms with Crippen LogP contribution >= 0.6 is 0 Å². The van der Waals surface area contributed by atoms with Crippen LogP contribution in [-0.2, 0) is 0 Å². The Morgan fingerprint density at radius 1 is 1.39 bits per heavy atom. The molecule has 1 atom stereocenters. The van der Waals surface area contributed by atoms with E-state index in [4.69, 9.17) is 5.73 Å². The topological polar surface area (TPSA) is 62.1 Å². The van der Waals surface area contributed by atoms with Gasteiger partial charge in [0.15, 0.2) is 0 Å². The molecule has 3 N–H and O–H groups in total. The summed E-state index contributed by atoms with van der Waals surface area (Å²) < 4.78 is 0. The van der Waals surface area contributed by atoms with Gasteiger partial charge in [0, 0.05) is 30.7 Å². The number of fused-ring (bicyclic) bond motifs is 1. The van der Waals surface area contributed by atoms with Crippen molar-refractivity contribution in [2.75, 3.05) is 13.1 Å². The number of carbonyl (C=O) groups excluding carboxylic acids is 1. The second-order valence-electron chi connectivity index (χ2n) is 4.90. The van der Waals surface area contributed by atoms with Gasteiger partial charge in [-0.3, -0.25) is 4.79 Å². The minimum Gasteiger partial charge on any atom is -0.361 e. The van der Waals surface area contributed by atoms with E-state index >= 15 is 0 Å². The molecule has 1 fully saturated rings. The van der Waals surface area contributed by atoms with Crippen molar-refractivity contribution in [3.05, 3.63) is 36.0 Å². The van der Waals surface area contributed by atoms with E-state index in [1.165, 1.54) is 0 Å². The van der Waals surface area contributed by atoms with Gasteiger partial charge in [-0.1, -0.05) is 12.1 Å². The summed E-state index contributed by atoms with van der Waals surface area (Å²) in [5.41, 5.74) is 7.59. The minimum absolute atomic E-state index is 0.0817. The molecule has 2 aromatic rings. The van der Waals surface area contributed by atoms with Crippen molar-refractivity contribution in [2.24, 2.45) is 5.73 Å². The summed E-state index contributed by atoms with van der Waals surface area (Å²) in [4.78, 5) is 17.5. The fraction of sp³-hybridized carbons (Fsp3) is 0.357. The van der Waals surface area contributed by atoms with Crippen LogP contribution in [-0.4, -0.2) is 34.9 Å². The molecular weight excluding hydrogens is 226 g/mol. The molecule has 3 rings (SSSR count). The average Bonchev–Trinajstić information content (AvgIpc) is 2.86. The Morgan fingerprint density at radius 3 is 3.11 bits per heavy atom. The van der Waals surface area contributed by atoms with Gasteiger partial charge < -0.3 is 15.6 Å². The summed E-state index contributed by atoms with van der Waals surface area (Å²) in [5, 5.41) is 1.07. The number of hydrogen-bond acceptors (Lipinski definition) is 2. The first-order chi connectivity index (χ1) is 8.75. The summed E-state index contributed by atoms with van der Waals surface area (Å²) >= 11 is 0. The number of nitrogens with zero attached hydrogens (tertiary/aromatic N) is 1. The molecule has 4 nitrogen and oxygen atoms in total. The number of likely N-dealkylation sites (tertiary alicyclic amines) is 1. The number of piperidine rings is 1. The van der Waals surface area contributed by atoms with Gasteiger partial charge in [-0.2, -0.15) is 0 Å². The summed E-state index contributed by atoms with van der Waals surface area (Å²) in [5.74, 6) is 0.0817.